The standard InChI is InChI=1S/C22H23F3N6O/c1-12(2)21-22(32)29-17-9-27-19(6-18(17)30(21)3)26-7-14-8-28-31(11-14)10-13-4-15(23)20(25)16(24)5-13/h4-6,8-9,11-12,21H,7,10H2,1-3H3,(H,26,27)(H,29,32)/t21-/m0/s1. The number of hydrogen-bond acceptors (Lipinski definition) is 5. The maximum atomic E-state index is 13.4. The molecule has 32 heavy (non-hydrogen) atoms. The summed E-state index contributed by atoms with van der Waals surface area (Å²) in [5.41, 5.74) is 2.63. The van der Waals surface area contributed by atoms with Crippen LogP contribution in [0.5, 0.6) is 0 Å². The highest BCUT2D eigenvalue weighted by Crippen LogP contribution is 2.34. The molecule has 1 aromatic carbocycles. The lowest BCUT2D eigenvalue weighted by Crippen LogP contribution is -2.49. The Hall–Kier alpha value is -3.56. The van der Waals surface area contributed by atoms with Gasteiger partial charge in [-0.15, -0.1) is 0 Å². The summed E-state index contributed by atoms with van der Waals surface area (Å²) in [4.78, 5) is 18.6. The molecule has 1 amide bonds. The fraction of sp³-hybridized carbons (Fsp3) is 0.318. The van der Waals surface area contributed by atoms with E-state index in [1.165, 1.54) is 4.68 Å². The van der Waals surface area contributed by atoms with Gasteiger partial charge >= 0.3 is 0 Å². The van der Waals surface area contributed by atoms with Gasteiger partial charge in [-0.25, -0.2) is 18.2 Å². The number of halogens is 3. The van der Waals surface area contributed by atoms with Crippen LogP contribution in [0.3, 0.4) is 0 Å². The molecular weight excluding hydrogens is 421 g/mol. The molecule has 2 N–H and O–H groups in total. The Kier molecular flexibility index (Phi) is 5.77. The average molecular weight is 444 g/mol. The van der Waals surface area contributed by atoms with Crippen LogP contribution in [0.4, 0.5) is 30.4 Å². The van der Waals surface area contributed by atoms with Crippen LogP contribution >= 0.6 is 0 Å². The first-order valence-corrected chi connectivity index (χ1v) is 10.1. The van der Waals surface area contributed by atoms with Crippen molar-refractivity contribution in [3.63, 3.8) is 0 Å². The number of aromatic nitrogens is 3. The maximum Gasteiger partial charge on any atom is 0.247 e. The minimum Gasteiger partial charge on any atom is -0.366 e. The van der Waals surface area contributed by atoms with Gasteiger partial charge in [0.2, 0.25) is 5.91 Å². The molecule has 168 valence electrons. The van der Waals surface area contributed by atoms with Gasteiger partial charge in [0, 0.05) is 31.4 Å². The Balaban J connectivity index is 1.43. The van der Waals surface area contributed by atoms with Gasteiger partial charge in [-0.05, 0) is 23.6 Å². The number of nitrogens with zero attached hydrogens (tertiary/aromatic N) is 4. The summed E-state index contributed by atoms with van der Waals surface area (Å²) in [6.45, 7) is 4.52. The van der Waals surface area contributed by atoms with Crippen LogP contribution in [0.2, 0.25) is 0 Å². The number of nitrogens with one attached hydrogen (secondary N) is 2. The summed E-state index contributed by atoms with van der Waals surface area (Å²) < 4.78 is 41.4. The molecule has 4 rings (SSSR count). The van der Waals surface area contributed by atoms with Crippen LogP contribution in [-0.4, -0.2) is 33.8 Å². The first-order chi connectivity index (χ1) is 15.2. The number of likely N-dealkylation sites (N-methyl/N-ethyl adjacent to an activating group) is 1. The lowest BCUT2D eigenvalue weighted by atomic mass is 9.99. The van der Waals surface area contributed by atoms with Crippen molar-refractivity contribution >= 4 is 23.1 Å². The molecule has 0 aliphatic carbocycles. The largest absolute Gasteiger partial charge is 0.366 e. The van der Waals surface area contributed by atoms with Crippen molar-refractivity contribution in [2.75, 3.05) is 22.6 Å². The van der Waals surface area contributed by atoms with Crippen LogP contribution in [0.15, 0.2) is 36.8 Å². The minimum atomic E-state index is -1.48. The predicted octanol–water partition coefficient (Wildman–Crippen LogP) is 3.77. The Bertz CT molecular complexity index is 1140. The van der Waals surface area contributed by atoms with E-state index in [0.717, 1.165) is 23.4 Å². The molecule has 0 radical (unpaired) electrons. The number of rotatable bonds is 6. The highest BCUT2D eigenvalue weighted by atomic mass is 19.2. The average Bonchev–Trinajstić information content (AvgIpc) is 3.17. The van der Waals surface area contributed by atoms with Gasteiger partial charge in [0.05, 0.1) is 30.3 Å². The minimum absolute atomic E-state index is 0.0501. The summed E-state index contributed by atoms with van der Waals surface area (Å²) >= 11 is 0. The van der Waals surface area contributed by atoms with Crippen LogP contribution in [-0.2, 0) is 17.9 Å². The van der Waals surface area contributed by atoms with E-state index in [9.17, 15) is 18.0 Å². The first kappa shape index (κ1) is 21.7. The van der Waals surface area contributed by atoms with Gasteiger partial charge in [0.1, 0.15) is 11.9 Å². The predicted molar refractivity (Wildman–Crippen MR) is 115 cm³/mol. The van der Waals surface area contributed by atoms with Crippen molar-refractivity contribution in [3.05, 3.63) is 65.4 Å². The fourth-order valence-corrected chi connectivity index (χ4v) is 3.88. The molecule has 3 aromatic rings. The van der Waals surface area contributed by atoms with E-state index in [2.05, 4.69) is 20.7 Å². The van der Waals surface area contributed by atoms with Crippen molar-refractivity contribution in [1.29, 1.82) is 0 Å². The summed E-state index contributed by atoms with van der Waals surface area (Å²) in [5, 5.41) is 10.3. The third-order valence-electron chi connectivity index (χ3n) is 5.39. The number of hydrogen-bond donors (Lipinski definition) is 2. The second kappa shape index (κ2) is 8.52. The molecule has 1 aliphatic heterocycles. The Morgan fingerprint density at radius 2 is 1.84 bits per heavy atom. The van der Waals surface area contributed by atoms with Crippen molar-refractivity contribution < 1.29 is 18.0 Å². The normalized spacial score (nSPS) is 15.7. The number of anilines is 3. The lowest BCUT2D eigenvalue weighted by molar-refractivity contribution is -0.118. The quantitative estimate of drug-likeness (QED) is 0.567. The third-order valence-corrected chi connectivity index (χ3v) is 5.39. The maximum absolute atomic E-state index is 13.4. The zero-order valence-electron chi connectivity index (χ0n) is 17.9. The molecule has 0 saturated heterocycles. The summed E-state index contributed by atoms with van der Waals surface area (Å²) in [6.07, 6.45) is 4.97. The van der Waals surface area contributed by atoms with Gasteiger partial charge in [0.15, 0.2) is 17.5 Å². The van der Waals surface area contributed by atoms with Gasteiger partial charge < -0.3 is 15.5 Å². The lowest BCUT2D eigenvalue weighted by Gasteiger charge is -2.37. The van der Waals surface area contributed by atoms with Gasteiger partial charge in [-0.2, -0.15) is 5.10 Å². The number of carbonyl (C=O) groups is 1. The van der Waals surface area contributed by atoms with Gasteiger partial charge in [0.25, 0.3) is 0 Å². The van der Waals surface area contributed by atoms with E-state index in [4.69, 9.17) is 0 Å². The van der Waals surface area contributed by atoms with Crippen molar-refractivity contribution in [2.24, 2.45) is 5.92 Å². The molecule has 1 atom stereocenters. The molecule has 0 saturated carbocycles. The number of amides is 1. The van der Waals surface area contributed by atoms with Gasteiger partial charge in [-0.1, -0.05) is 13.8 Å². The highest BCUT2D eigenvalue weighted by Gasteiger charge is 2.33. The topological polar surface area (TPSA) is 75.1 Å². The Morgan fingerprint density at radius 1 is 1.12 bits per heavy atom. The molecule has 0 fully saturated rings. The Morgan fingerprint density at radius 3 is 2.53 bits per heavy atom. The first-order valence-electron chi connectivity index (χ1n) is 10.1. The summed E-state index contributed by atoms with van der Waals surface area (Å²) in [6, 6.07) is 3.51. The Labute approximate surface area is 183 Å². The van der Waals surface area contributed by atoms with E-state index in [-0.39, 0.29) is 30.0 Å². The SMILES string of the molecule is CC(C)[C@H]1C(=O)Nc2cnc(NCc3cnn(Cc4cc(F)c(F)c(F)c4)c3)cc2N1C. The van der Waals surface area contributed by atoms with Crippen LogP contribution in [0.1, 0.15) is 25.0 Å². The molecular formula is C22H23F3N6O. The molecule has 7 nitrogen and oxygen atoms in total. The number of fused-ring (bicyclic) bond motifs is 1. The van der Waals surface area contributed by atoms with Crippen molar-refractivity contribution in [3.8, 4) is 0 Å². The molecule has 1 aliphatic rings. The summed E-state index contributed by atoms with van der Waals surface area (Å²) in [5.74, 6) is -3.22. The second-order valence-corrected chi connectivity index (χ2v) is 8.15. The number of pyridine rings is 1. The van der Waals surface area contributed by atoms with E-state index in [1.54, 1.807) is 18.6 Å². The van der Waals surface area contributed by atoms with Crippen LogP contribution < -0.4 is 15.5 Å². The van der Waals surface area contributed by atoms with Gasteiger partial charge in [-0.3, -0.25) is 9.48 Å². The van der Waals surface area contributed by atoms with Crippen molar-refractivity contribution in [1.82, 2.24) is 14.8 Å². The fourth-order valence-electron chi connectivity index (χ4n) is 3.88. The smallest absolute Gasteiger partial charge is 0.247 e. The number of carbonyl (C=O) groups excluding carboxylic acids is 1. The highest BCUT2D eigenvalue weighted by molar-refractivity contribution is 6.03. The van der Waals surface area contributed by atoms with E-state index in [0.29, 0.717) is 18.1 Å². The summed E-state index contributed by atoms with van der Waals surface area (Å²) in [7, 11) is 1.89. The molecule has 10 heteroatoms. The van der Waals surface area contributed by atoms with Crippen molar-refractivity contribution in [2.45, 2.75) is 33.0 Å². The zero-order valence-corrected chi connectivity index (χ0v) is 17.9. The van der Waals surface area contributed by atoms with E-state index in [1.807, 2.05) is 31.9 Å². The molecule has 2 aromatic heterocycles. The molecule has 0 bridgehead atoms. The van der Waals surface area contributed by atoms with E-state index >= 15 is 0 Å². The second-order valence-electron chi connectivity index (χ2n) is 8.15. The zero-order chi connectivity index (χ0) is 23.0. The molecule has 0 spiro atoms. The monoisotopic (exact) mass is 444 g/mol. The van der Waals surface area contributed by atoms with Crippen LogP contribution in [0.25, 0.3) is 0 Å². The number of benzene rings is 1. The van der Waals surface area contributed by atoms with E-state index < -0.39 is 17.5 Å². The molecule has 3 heterocycles. The van der Waals surface area contributed by atoms with Crippen LogP contribution in [0, 0.1) is 23.4 Å². The molecule has 0 unspecified atom stereocenters. The third kappa shape index (κ3) is 4.25.